The zero-order chi connectivity index (χ0) is 21.2. The molecule has 1 N–H and O–H groups in total. The number of benzene rings is 1. The van der Waals surface area contributed by atoms with Crippen molar-refractivity contribution in [1.82, 2.24) is 19.9 Å². The summed E-state index contributed by atoms with van der Waals surface area (Å²) in [5.41, 5.74) is 2.37. The second-order valence-corrected chi connectivity index (χ2v) is 7.66. The van der Waals surface area contributed by atoms with Crippen LogP contribution in [0.5, 0.6) is 11.5 Å². The molecule has 31 heavy (non-hydrogen) atoms. The largest absolute Gasteiger partial charge is 0.486 e. The van der Waals surface area contributed by atoms with Crippen molar-refractivity contribution in [2.24, 2.45) is 0 Å². The molecule has 2 aromatic heterocycles. The number of fused-ring (bicyclic) bond motifs is 2. The van der Waals surface area contributed by atoms with E-state index in [4.69, 9.17) is 9.47 Å². The molecule has 5 rings (SSSR count). The highest BCUT2D eigenvalue weighted by atomic mass is 16.6. The number of carbonyl (C=O) groups excluding carboxylic acids is 1. The van der Waals surface area contributed by atoms with Gasteiger partial charge in [0.05, 0.1) is 12.1 Å². The van der Waals surface area contributed by atoms with Gasteiger partial charge in [-0.2, -0.15) is 0 Å². The van der Waals surface area contributed by atoms with Crippen LogP contribution in [0.3, 0.4) is 0 Å². The number of ether oxygens (including phenoxy) is 2. The van der Waals surface area contributed by atoms with Crippen LogP contribution in [0, 0.1) is 0 Å². The Morgan fingerprint density at radius 2 is 1.97 bits per heavy atom. The molecule has 0 radical (unpaired) electrons. The third-order valence-corrected chi connectivity index (χ3v) is 5.62. The number of aromatic nitrogens is 3. The molecule has 1 unspecified atom stereocenters. The molecule has 4 heterocycles. The van der Waals surface area contributed by atoms with Crippen molar-refractivity contribution < 1.29 is 14.3 Å². The molecular weight excluding hydrogens is 396 g/mol. The van der Waals surface area contributed by atoms with Crippen LogP contribution in [-0.2, 0) is 13.0 Å². The van der Waals surface area contributed by atoms with E-state index in [1.165, 1.54) is 12.4 Å². The molecule has 3 aromatic rings. The second-order valence-electron chi connectivity index (χ2n) is 7.66. The van der Waals surface area contributed by atoms with Gasteiger partial charge in [0.1, 0.15) is 19.0 Å². The molecule has 2 aliphatic heterocycles. The Kier molecular flexibility index (Phi) is 5.11. The third kappa shape index (κ3) is 3.76. The fraction of sp³-hybridized carbons (Fsp3) is 0.304. The van der Waals surface area contributed by atoms with Crippen molar-refractivity contribution in [2.75, 3.05) is 13.2 Å². The van der Waals surface area contributed by atoms with Crippen LogP contribution in [0.15, 0.2) is 53.8 Å². The minimum absolute atomic E-state index is 0.106. The quantitative estimate of drug-likeness (QED) is 0.698. The van der Waals surface area contributed by atoms with Gasteiger partial charge in [-0.05, 0) is 31.4 Å². The Balaban J connectivity index is 1.44. The summed E-state index contributed by atoms with van der Waals surface area (Å²) in [5.74, 6) is 1.12. The molecule has 8 nitrogen and oxygen atoms in total. The molecule has 0 spiro atoms. The minimum Gasteiger partial charge on any atom is -0.486 e. The van der Waals surface area contributed by atoms with Crippen molar-refractivity contribution in [2.45, 2.75) is 31.9 Å². The predicted molar refractivity (Wildman–Crippen MR) is 113 cm³/mol. The van der Waals surface area contributed by atoms with Crippen LogP contribution in [-0.4, -0.2) is 39.7 Å². The maximum atomic E-state index is 13.3. The monoisotopic (exact) mass is 418 g/mol. The number of hydrogen-bond acceptors (Lipinski definition) is 6. The summed E-state index contributed by atoms with van der Waals surface area (Å²) in [5, 5.41) is 2.98. The number of hydrogen-bond donors (Lipinski definition) is 1. The van der Waals surface area contributed by atoms with Crippen molar-refractivity contribution in [3.05, 3.63) is 70.7 Å². The number of nitrogens with zero attached hydrogens (tertiary/aromatic N) is 3. The maximum absolute atomic E-state index is 13.3. The van der Waals surface area contributed by atoms with Gasteiger partial charge in [-0.1, -0.05) is 12.1 Å². The van der Waals surface area contributed by atoms with Crippen molar-refractivity contribution in [3.63, 3.8) is 0 Å². The molecule has 0 fully saturated rings. The van der Waals surface area contributed by atoms with E-state index in [-0.39, 0.29) is 24.1 Å². The molecule has 2 aliphatic rings. The minimum atomic E-state index is -0.301. The van der Waals surface area contributed by atoms with E-state index in [1.807, 2.05) is 24.3 Å². The lowest BCUT2D eigenvalue weighted by Gasteiger charge is -2.27. The van der Waals surface area contributed by atoms with Crippen LogP contribution in [0.4, 0.5) is 0 Å². The van der Waals surface area contributed by atoms with Gasteiger partial charge in [-0.15, -0.1) is 0 Å². The number of nitrogens with one attached hydrogen (secondary N) is 1. The predicted octanol–water partition coefficient (Wildman–Crippen LogP) is 2.21. The molecule has 8 heteroatoms. The lowest BCUT2D eigenvalue weighted by atomic mass is 9.95. The van der Waals surface area contributed by atoms with Crippen molar-refractivity contribution >= 4 is 5.91 Å². The van der Waals surface area contributed by atoms with Gasteiger partial charge in [-0.3, -0.25) is 9.59 Å². The van der Waals surface area contributed by atoms with Crippen LogP contribution in [0.25, 0.3) is 11.1 Å². The van der Waals surface area contributed by atoms with Gasteiger partial charge < -0.3 is 19.4 Å². The number of para-hydroxylation sites is 2. The van der Waals surface area contributed by atoms with Gasteiger partial charge in [0, 0.05) is 41.8 Å². The SMILES string of the molecule is O=C(NCC1COc2ccccc2O1)c1c(-c2cncnc2)cc(=O)n2c1CCCC2. The standard InChI is InChI=1S/C23H22N4O4/c28-21-9-17(15-10-24-14-25-11-15)22(18-5-3-4-8-27(18)21)23(29)26-12-16-13-30-19-6-1-2-7-20(19)31-16/h1-2,6-7,9-11,14,16H,3-5,8,12-13H2,(H,26,29). The highest BCUT2D eigenvalue weighted by Crippen LogP contribution is 2.31. The Bertz CT molecular complexity index is 1180. The first-order chi connectivity index (χ1) is 15.2. The summed E-state index contributed by atoms with van der Waals surface area (Å²) < 4.78 is 13.4. The fourth-order valence-electron chi connectivity index (χ4n) is 4.14. The highest BCUT2D eigenvalue weighted by Gasteiger charge is 2.26. The van der Waals surface area contributed by atoms with E-state index in [0.29, 0.717) is 47.8 Å². The zero-order valence-electron chi connectivity index (χ0n) is 16.9. The smallest absolute Gasteiger partial charge is 0.253 e. The van der Waals surface area contributed by atoms with Crippen LogP contribution >= 0.6 is 0 Å². The summed E-state index contributed by atoms with van der Waals surface area (Å²) >= 11 is 0. The topological polar surface area (TPSA) is 95.3 Å². The summed E-state index contributed by atoms with van der Waals surface area (Å²) in [6, 6.07) is 8.98. The molecule has 1 amide bonds. The Hall–Kier alpha value is -3.68. The molecule has 0 saturated heterocycles. The van der Waals surface area contributed by atoms with Crippen LogP contribution in [0.2, 0.25) is 0 Å². The van der Waals surface area contributed by atoms with E-state index in [0.717, 1.165) is 18.5 Å². The van der Waals surface area contributed by atoms with Gasteiger partial charge in [0.2, 0.25) is 0 Å². The summed E-state index contributed by atoms with van der Waals surface area (Å²) in [6.07, 6.45) is 6.90. The number of rotatable bonds is 4. The third-order valence-electron chi connectivity index (χ3n) is 5.62. The van der Waals surface area contributed by atoms with Crippen molar-refractivity contribution in [1.29, 1.82) is 0 Å². The normalized spacial score (nSPS) is 17.0. The molecule has 1 atom stereocenters. The highest BCUT2D eigenvalue weighted by molar-refractivity contribution is 6.01. The summed E-state index contributed by atoms with van der Waals surface area (Å²) in [4.78, 5) is 34.2. The van der Waals surface area contributed by atoms with Crippen molar-refractivity contribution in [3.8, 4) is 22.6 Å². The average molecular weight is 418 g/mol. The number of carbonyl (C=O) groups is 1. The van der Waals surface area contributed by atoms with Gasteiger partial charge in [-0.25, -0.2) is 9.97 Å². The first-order valence-corrected chi connectivity index (χ1v) is 10.4. The summed E-state index contributed by atoms with van der Waals surface area (Å²) in [7, 11) is 0. The Labute approximate surface area is 178 Å². The molecule has 158 valence electrons. The van der Waals surface area contributed by atoms with E-state index in [1.54, 1.807) is 17.0 Å². The maximum Gasteiger partial charge on any atom is 0.253 e. The zero-order valence-corrected chi connectivity index (χ0v) is 16.9. The molecule has 0 saturated carbocycles. The molecule has 0 bridgehead atoms. The number of pyridine rings is 1. The lowest BCUT2D eigenvalue weighted by Crippen LogP contribution is -2.42. The second kappa shape index (κ2) is 8.22. The summed E-state index contributed by atoms with van der Waals surface area (Å²) in [6.45, 7) is 1.26. The first kappa shape index (κ1) is 19.3. The van der Waals surface area contributed by atoms with Gasteiger partial charge >= 0.3 is 0 Å². The molecular formula is C23H22N4O4. The van der Waals surface area contributed by atoms with Gasteiger partial charge in [0.15, 0.2) is 11.5 Å². The lowest BCUT2D eigenvalue weighted by molar-refractivity contribution is 0.0788. The van der Waals surface area contributed by atoms with E-state index < -0.39 is 0 Å². The Morgan fingerprint density at radius 3 is 2.81 bits per heavy atom. The van der Waals surface area contributed by atoms with E-state index >= 15 is 0 Å². The number of amides is 1. The van der Waals surface area contributed by atoms with Gasteiger partial charge in [0.25, 0.3) is 11.5 Å². The Morgan fingerprint density at radius 1 is 1.16 bits per heavy atom. The first-order valence-electron chi connectivity index (χ1n) is 10.4. The van der Waals surface area contributed by atoms with Crippen LogP contribution in [0.1, 0.15) is 28.9 Å². The molecule has 0 aliphatic carbocycles. The van der Waals surface area contributed by atoms with Crippen LogP contribution < -0.4 is 20.3 Å². The fourth-order valence-corrected chi connectivity index (χ4v) is 4.14. The average Bonchev–Trinajstić information content (AvgIpc) is 2.83. The molecule has 1 aromatic carbocycles. The van der Waals surface area contributed by atoms with E-state index in [2.05, 4.69) is 15.3 Å². The van der Waals surface area contributed by atoms with E-state index in [9.17, 15) is 9.59 Å².